The zero-order valence-corrected chi connectivity index (χ0v) is 19.0. The standard InChI is InChI=1S/C23H31N5O2S/c1-17-3-5-18(6-4-17)11-14-27-31(29,30)15-19-7-9-20(10-8-19)28(2)23-21-12-13-24-22(21)25-16-26-23/h3-6,12-13,16,19-20,27H,7-11,14-15H2,1-2H3,(H,24,25,26). The molecule has 3 aromatic rings. The third kappa shape index (κ3) is 5.43. The van der Waals surface area contributed by atoms with Crippen molar-refractivity contribution in [2.24, 2.45) is 5.92 Å². The van der Waals surface area contributed by atoms with E-state index in [0.29, 0.717) is 19.0 Å². The molecule has 2 aromatic heterocycles. The highest BCUT2D eigenvalue weighted by atomic mass is 32.2. The van der Waals surface area contributed by atoms with Crippen molar-refractivity contribution in [2.45, 2.75) is 45.1 Å². The molecule has 1 saturated carbocycles. The predicted molar refractivity (Wildman–Crippen MR) is 125 cm³/mol. The lowest BCUT2D eigenvalue weighted by atomic mass is 9.86. The van der Waals surface area contributed by atoms with E-state index in [2.05, 4.69) is 55.9 Å². The van der Waals surface area contributed by atoms with E-state index in [1.54, 1.807) is 6.33 Å². The van der Waals surface area contributed by atoms with E-state index in [0.717, 1.165) is 48.1 Å². The van der Waals surface area contributed by atoms with E-state index in [1.165, 1.54) is 5.56 Å². The molecule has 0 amide bonds. The number of sulfonamides is 1. The molecule has 1 aromatic carbocycles. The minimum Gasteiger partial charge on any atom is -0.356 e. The average molecular weight is 442 g/mol. The maximum atomic E-state index is 12.6. The Morgan fingerprint density at radius 1 is 1.10 bits per heavy atom. The molecule has 0 unspecified atom stereocenters. The van der Waals surface area contributed by atoms with Crippen LogP contribution in [0.15, 0.2) is 42.9 Å². The van der Waals surface area contributed by atoms with E-state index in [9.17, 15) is 8.42 Å². The van der Waals surface area contributed by atoms with Crippen molar-refractivity contribution in [1.82, 2.24) is 19.7 Å². The van der Waals surface area contributed by atoms with Gasteiger partial charge in [0.05, 0.1) is 11.1 Å². The van der Waals surface area contributed by atoms with Gasteiger partial charge in [-0.25, -0.2) is 23.1 Å². The van der Waals surface area contributed by atoms with Crippen molar-refractivity contribution in [1.29, 1.82) is 0 Å². The van der Waals surface area contributed by atoms with Gasteiger partial charge in [0, 0.05) is 25.8 Å². The van der Waals surface area contributed by atoms with Crippen LogP contribution in [0.3, 0.4) is 0 Å². The van der Waals surface area contributed by atoms with Crippen LogP contribution < -0.4 is 9.62 Å². The number of H-pyrrole nitrogens is 1. The first-order chi connectivity index (χ1) is 14.9. The Balaban J connectivity index is 1.26. The van der Waals surface area contributed by atoms with Gasteiger partial charge < -0.3 is 9.88 Å². The van der Waals surface area contributed by atoms with Crippen LogP contribution in [-0.2, 0) is 16.4 Å². The number of aromatic nitrogens is 3. The van der Waals surface area contributed by atoms with E-state index >= 15 is 0 Å². The maximum Gasteiger partial charge on any atom is 0.211 e. The van der Waals surface area contributed by atoms with Crippen molar-refractivity contribution >= 4 is 26.9 Å². The maximum absolute atomic E-state index is 12.6. The number of aromatic amines is 1. The number of anilines is 1. The minimum absolute atomic E-state index is 0.208. The lowest BCUT2D eigenvalue weighted by molar-refractivity contribution is 0.340. The SMILES string of the molecule is Cc1ccc(CCNS(=O)(=O)CC2CCC(N(C)c3ncnc4[nH]ccc34)CC2)cc1. The fraction of sp³-hybridized carbons (Fsp3) is 0.478. The van der Waals surface area contributed by atoms with Crippen molar-refractivity contribution < 1.29 is 8.42 Å². The van der Waals surface area contributed by atoms with Gasteiger partial charge in [0.1, 0.15) is 17.8 Å². The molecule has 0 spiro atoms. The molecule has 166 valence electrons. The molecule has 8 heteroatoms. The third-order valence-electron chi connectivity index (χ3n) is 6.34. The summed E-state index contributed by atoms with van der Waals surface area (Å²) in [4.78, 5) is 14.1. The zero-order chi connectivity index (χ0) is 21.8. The number of hydrogen-bond donors (Lipinski definition) is 2. The van der Waals surface area contributed by atoms with Crippen molar-refractivity contribution in [3.63, 3.8) is 0 Å². The van der Waals surface area contributed by atoms with Crippen LogP contribution in [0.25, 0.3) is 11.0 Å². The molecule has 1 aliphatic carbocycles. The Morgan fingerprint density at radius 2 is 1.84 bits per heavy atom. The Kier molecular flexibility index (Phi) is 6.57. The summed E-state index contributed by atoms with van der Waals surface area (Å²) in [5.74, 6) is 1.35. The van der Waals surface area contributed by atoms with Gasteiger partial charge in [-0.1, -0.05) is 29.8 Å². The van der Waals surface area contributed by atoms with Crippen LogP contribution in [0.4, 0.5) is 5.82 Å². The zero-order valence-electron chi connectivity index (χ0n) is 18.2. The molecule has 0 radical (unpaired) electrons. The third-order valence-corrected chi connectivity index (χ3v) is 7.90. The summed E-state index contributed by atoms with van der Waals surface area (Å²) >= 11 is 0. The van der Waals surface area contributed by atoms with Crippen LogP contribution in [0.2, 0.25) is 0 Å². The molecular weight excluding hydrogens is 410 g/mol. The molecule has 7 nitrogen and oxygen atoms in total. The van der Waals surface area contributed by atoms with Gasteiger partial charge >= 0.3 is 0 Å². The van der Waals surface area contributed by atoms with Crippen LogP contribution in [0.5, 0.6) is 0 Å². The topological polar surface area (TPSA) is 91.0 Å². The number of benzene rings is 1. The summed E-state index contributed by atoms with van der Waals surface area (Å²) in [6.07, 6.45) is 7.94. The molecule has 4 rings (SSSR count). The number of fused-ring (bicyclic) bond motifs is 1. The van der Waals surface area contributed by atoms with Crippen LogP contribution >= 0.6 is 0 Å². The average Bonchev–Trinajstić information content (AvgIpc) is 3.24. The highest BCUT2D eigenvalue weighted by Gasteiger charge is 2.28. The Bertz CT molecular complexity index is 1100. The molecule has 2 N–H and O–H groups in total. The molecule has 0 atom stereocenters. The van der Waals surface area contributed by atoms with Gasteiger partial charge in [0.25, 0.3) is 0 Å². The van der Waals surface area contributed by atoms with Gasteiger partial charge in [-0.3, -0.25) is 0 Å². The van der Waals surface area contributed by atoms with Crippen molar-refractivity contribution in [3.8, 4) is 0 Å². The number of aryl methyl sites for hydroxylation is 1. The Labute approximate surface area is 184 Å². The molecular formula is C23H31N5O2S. The first-order valence-corrected chi connectivity index (χ1v) is 12.6. The molecule has 1 fully saturated rings. The Morgan fingerprint density at radius 3 is 2.58 bits per heavy atom. The summed E-state index contributed by atoms with van der Waals surface area (Å²) in [7, 11) is -1.19. The van der Waals surface area contributed by atoms with Gasteiger partial charge in [0.2, 0.25) is 10.0 Å². The van der Waals surface area contributed by atoms with Crippen LogP contribution in [0.1, 0.15) is 36.8 Å². The van der Waals surface area contributed by atoms with Gasteiger partial charge in [-0.05, 0) is 56.6 Å². The largest absolute Gasteiger partial charge is 0.356 e. The number of nitrogens with zero attached hydrogens (tertiary/aromatic N) is 3. The fourth-order valence-corrected chi connectivity index (χ4v) is 5.97. The fourth-order valence-electron chi connectivity index (χ4n) is 4.49. The van der Waals surface area contributed by atoms with Crippen molar-refractivity contribution in [2.75, 3.05) is 24.2 Å². The summed E-state index contributed by atoms with van der Waals surface area (Å²) in [6.45, 7) is 2.50. The lowest BCUT2D eigenvalue weighted by Crippen LogP contribution is -2.38. The number of hydrogen-bond acceptors (Lipinski definition) is 5. The van der Waals surface area contributed by atoms with Gasteiger partial charge in [0.15, 0.2) is 0 Å². The summed E-state index contributed by atoms with van der Waals surface area (Å²) in [5, 5.41) is 1.02. The summed E-state index contributed by atoms with van der Waals surface area (Å²) in [5.41, 5.74) is 3.20. The smallest absolute Gasteiger partial charge is 0.211 e. The first-order valence-electron chi connectivity index (χ1n) is 10.9. The van der Waals surface area contributed by atoms with E-state index in [-0.39, 0.29) is 11.7 Å². The van der Waals surface area contributed by atoms with E-state index < -0.39 is 10.0 Å². The molecule has 1 aliphatic rings. The van der Waals surface area contributed by atoms with Crippen LogP contribution in [-0.4, -0.2) is 48.8 Å². The molecule has 0 bridgehead atoms. The van der Waals surface area contributed by atoms with E-state index in [4.69, 9.17) is 0 Å². The van der Waals surface area contributed by atoms with Crippen molar-refractivity contribution in [3.05, 3.63) is 54.0 Å². The molecule has 31 heavy (non-hydrogen) atoms. The second kappa shape index (κ2) is 9.36. The van der Waals surface area contributed by atoms with Crippen LogP contribution in [0, 0.1) is 12.8 Å². The first kappa shape index (κ1) is 21.8. The predicted octanol–water partition coefficient (Wildman–Crippen LogP) is 3.42. The Hall–Kier alpha value is -2.45. The summed E-state index contributed by atoms with van der Waals surface area (Å²) < 4.78 is 27.9. The van der Waals surface area contributed by atoms with Gasteiger partial charge in [-0.2, -0.15) is 0 Å². The highest BCUT2D eigenvalue weighted by molar-refractivity contribution is 7.89. The lowest BCUT2D eigenvalue weighted by Gasteiger charge is -2.35. The number of nitrogens with one attached hydrogen (secondary N) is 2. The molecule has 0 saturated heterocycles. The molecule has 0 aliphatic heterocycles. The minimum atomic E-state index is -3.26. The molecule has 2 heterocycles. The second-order valence-electron chi connectivity index (χ2n) is 8.63. The highest BCUT2D eigenvalue weighted by Crippen LogP contribution is 2.31. The van der Waals surface area contributed by atoms with Gasteiger partial charge in [-0.15, -0.1) is 0 Å². The second-order valence-corrected chi connectivity index (χ2v) is 10.5. The number of rotatable bonds is 8. The summed E-state index contributed by atoms with van der Waals surface area (Å²) in [6, 6.07) is 10.6. The monoisotopic (exact) mass is 441 g/mol. The van der Waals surface area contributed by atoms with E-state index in [1.807, 2.05) is 19.2 Å². The quantitative estimate of drug-likeness (QED) is 0.559. The normalized spacial score (nSPS) is 19.5.